The molecule has 0 saturated heterocycles. The first kappa shape index (κ1) is 32.2. The van der Waals surface area contributed by atoms with Gasteiger partial charge in [-0.15, -0.1) is 0 Å². The summed E-state index contributed by atoms with van der Waals surface area (Å²) >= 11 is 0. The number of ether oxygens (including phenoxy) is 7. The molecule has 0 aliphatic rings. The van der Waals surface area contributed by atoms with Gasteiger partial charge in [0.2, 0.25) is 11.8 Å². The second-order valence-electron chi connectivity index (χ2n) is 7.35. The zero-order chi connectivity index (χ0) is 27.0. The topological polar surface area (TPSA) is 160 Å². The lowest BCUT2D eigenvalue weighted by molar-refractivity contribution is -0.143. The van der Waals surface area contributed by atoms with Gasteiger partial charge in [-0.2, -0.15) is 0 Å². The van der Waals surface area contributed by atoms with Gasteiger partial charge in [0.15, 0.2) is 0 Å². The van der Waals surface area contributed by atoms with Gasteiger partial charge in [-0.05, 0) is 24.3 Å². The van der Waals surface area contributed by atoms with Crippen molar-refractivity contribution < 1.29 is 52.6 Å². The average Bonchev–Trinajstić information content (AvgIpc) is 2.86. The van der Waals surface area contributed by atoms with Gasteiger partial charge in [-0.3, -0.25) is 9.59 Å². The van der Waals surface area contributed by atoms with Crippen LogP contribution in [0.25, 0.3) is 0 Å². The third-order valence-corrected chi connectivity index (χ3v) is 4.19. The fraction of sp³-hybridized carbons (Fsp3) is 0.625. The first-order chi connectivity index (χ1) is 18.0. The normalized spacial score (nSPS) is 10.7. The minimum Gasteiger partial charge on any atom is -0.491 e. The zero-order valence-corrected chi connectivity index (χ0v) is 21.2. The van der Waals surface area contributed by atoms with Crippen LogP contribution in [0.2, 0.25) is 0 Å². The molecule has 0 saturated carbocycles. The van der Waals surface area contributed by atoms with Gasteiger partial charge >= 0.3 is 5.97 Å². The van der Waals surface area contributed by atoms with E-state index in [2.05, 4.69) is 15.4 Å². The molecule has 0 unspecified atom stereocenters. The Morgan fingerprint density at radius 3 is 1.65 bits per heavy atom. The molecule has 0 radical (unpaired) electrons. The molecule has 0 aromatic heterocycles. The van der Waals surface area contributed by atoms with E-state index in [9.17, 15) is 14.4 Å². The van der Waals surface area contributed by atoms with Crippen LogP contribution in [0.4, 0.5) is 5.69 Å². The number of aliphatic carboxylic acids is 1. The van der Waals surface area contributed by atoms with Gasteiger partial charge in [0.25, 0.3) is 0 Å². The number of nitrogens with one attached hydrogen (secondary N) is 2. The highest BCUT2D eigenvalue weighted by Gasteiger charge is 2.03. The number of carbonyl (C=O) groups is 3. The maximum Gasteiger partial charge on any atom is 0.329 e. The van der Waals surface area contributed by atoms with Crippen LogP contribution in [0.15, 0.2) is 24.3 Å². The largest absolute Gasteiger partial charge is 0.491 e. The van der Waals surface area contributed by atoms with E-state index in [-0.39, 0.29) is 12.5 Å². The van der Waals surface area contributed by atoms with Crippen molar-refractivity contribution in [2.45, 2.75) is 6.92 Å². The van der Waals surface area contributed by atoms with Crippen molar-refractivity contribution in [3.63, 3.8) is 0 Å². The Bertz CT molecular complexity index is 747. The van der Waals surface area contributed by atoms with Crippen molar-refractivity contribution in [2.24, 2.45) is 0 Å². The third kappa shape index (κ3) is 21.0. The van der Waals surface area contributed by atoms with Gasteiger partial charge in [-0.1, -0.05) is 0 Å². The maximum atomic E-state index is 11.3. The molecule has 1 aromatic carbocycles. The van der Waals surface area contributed by atoms with Crippen LogP contribution >= 0.6 is 0 Å². The summed E-state index contributed by atoms with van der Waals surface area (Å²) in [5, 5.41) is 13.6. The summed E-state index contributed by atoms with van der Waals surface area (Å²) in [6, 6.07) is 7.11. The highest BCUT2D eigenvalue weighted by atomic mass is 16.6. The summed E-state index contributed by atoms with van der Waals surface area (Å²) in [6.07, 6.45) is 0. The zero-order valence-electron chi connectivity index (χ0n) is 21.2. The summed E-state index contributed by atoms with van der Waals surface area (Å²) in [6.45, 7) is 5.58. The van der Waals surface area contributed by atoms with Crippen LogP contribution in [0.5, 0.6) is 5.75 Å². The van der Waals surface area contributed by atoms with Crippen molar-refractivity contribution >= 4 is 23.5 Å². The Labute approximate surface area is 216 Å². The van der Waals surface area contributed by atoms with Crippen LogP contribution in [-0.2, 0) is 42.8 Å². The number of carboxylic acids is 1. The second kappa shape index (κ2) is 22.4. The molecule has 210 valence electrons. The summed E-state index contributed by atoms with van der Waals surface area (Å²) in [5.41, 5.74) is 0.719. The SMILES string of the molecule is CC(=O)Nc1ccc(OCCOCCOCCOCCOCCOCCNC(=O)COCC(=O)O)cc1. The summed E-state index contributed by atoms with van der Waals surface area (Å²) in [7, 11) is 0. The van der Waals surface area contributed by atoms with E-state index >= 15 is 0 Å². The Morgan fingerprint density at radius 2 is 1.16 bits per heavy atom. The lowest BCUT2D eigenvalue weighted by Crippen LogP contribution is -2.31. The van der Waals surface area contributed by atoms with Crippen LogP contribution in [-0.4, -0.2) is 115 Å². The predicted molar refractivity (Wildman–Crippen MR) is 132 cm³/mol. The van der Waals surface area contributed by atoms with E-state index in [1.165, 1.54) is 6.92 Å². The Kier molecular flexibility index (Phi) is 19.5. The number of carbonyl (C=O) groups excluding carboxylic acids is 2. The van der Waals surface area contributed by atoms with Gasteiger partial charge in [0.05, 0.1) is 66.1 Å². The van der Waals surface area contributed by atoms with Crippen molar-refractivity contribution in [3.05, 3.63) is 24.3 Å². The molecule has 13 nitrogen and oxygen atoms in total. The number of anilines is 1. The standard InChI is InChI=1S/C24H38N2O11/c1-20(27)26-21-2-4-22(5-3-21)37-17-16-35-15-14-34-13-12-33-11-10-32-9-8-31-7-6-25-23(28)18-36-19-24(29)30/h2-5H,6-19H2,1H3,(H,25,28)(H,26,27)(H,29,30). The number of amides is 2. The number of benzene rings is 1. The number of rotatable bonds is 24. The van der Waals surface area contributed by atoms with E-state index < -0.39 is 18.5 Å². The van der Waals surface area contributed by atoms with Gasteiger partial charge in [0, 0.05) is 19.2 Å². The van der Waals surface area contributed by atoms with E-state index in [1.807, 2.05) is 0 Å². The maximum absolute atomic E-state index is 11.3. The van der Waals surface area contributed by atoms with Crippen molar-refractivity contribution in [1.29, 1.82) is 0 Å². The molecular formula is C24H38N2O11. The van der Waals surface area contributed by atoms with E-state index in [0.717, 1.165) is 5.69 Å². The molecule has 1 rings (SSSR count). The van der Waals surface area contributed by atoms with E-state index in [0.29, 0.717) is 85.0 Å². The summed E-state index contributed by atoms with van der Waals surface area (Å²) < 4.78 is 37.2. The molecule has 0 fully saturated rings. The summed E-state index contributed by atoms with van der Waals surface area (Å²) in [5.74, 6) is -0.942. The second-order valence-corrected chi connectivity index (χ2v) is 7.35. The Morgan fingerprint density at radius 1 is 0.676 bits per heavy atom. The number of carboxylic acid groups (broad SMARTS) is 1. The highest BCUT2D eigenvalue weighted by Crippen LogP contribution is 2.15. The Balaban J connectivity index is 1.76. The molecule has 3 N–H and O–H groups in total. The molecule has 0 aliphatic heterocycles. The van der Waals surface area contributed by atoms with Crippen molar-refractivity contribution in [1.82, 2.24) is 5.32 Å². The first-order valence-electron chi connectivity index (χ1n) is 11.9. The fourth-order valence-electron chi connectivity index (χ4n) is 2.58. The van der Waals surface area contributed by atoms with Crippen molar-refractivity contribution in [3.8, 4) is 5.75 Å². The van der Waals surface area contributed by atoms with Crippen LogP contribution in [0.3, 0.4) is 0 Å². The molecule has 2 amide bonds. The van der Waals surface area contributed by atoms with Crippen molar-refractivity contribution in [2.75, 3.05) is 97.8 Å². The molecule has 0 atom stereocenters. The predicted octanol–water partition coefficient (Wildman–Crippen LogP) is 0.324. The third-order valence-electron chi connectivity index (χ3n) is 4.19. The average molecular weight is 531 g/mol. The monoisotopic (exact) mass is 530 g/mol. The molecule has 0 bridgehead atoms. The summed E-state index contributed by atoms with van der Waals surface area (Å²) in [4.78, 5) is 32.6. The van der Waals surface area contributed by atoms with Gasteiger partial charge in [-0.25, -0.2) is 4.79 Å². The molecular weight excluding hydrogens is 492 g/mol. The van der Waals surface area contributed by atoms with Crippen LogP contribution in [0, 0.1) is 0 Å². The van der Waals surface area contributed by atoms with E-state index in [1.54, 1.807) is 24.3 Å². The lowest BCUT2D eigenvalue weighted by atomic mass is 10.3. The lowest BCUT2D eigenvalue weighted by Gasteiger charge is -2.09. The van der Waals surface area contributed by atoms with E-state index in [4.69, 9.17) is 33.5 Å². The number of hydrogen-bond donors (Lipinski definition) is 3. The molecule has 0 heterocycles. The molecule has 0 spiro atoms. The minimum atomic E-state index is -1.12. The molecule has 0 aliphatic carbocycles. The van der Waals surface area contributed by atoms with Gasteiger partial charge in [0.1, 0.15) is 25.6 Å². The van der Waals surface area contributed by atoms with Crippen LogP contribution in [0.1, 0.15) is 6.92 Å². The number of hydrogen-bond acceptors (Lipinski definition) is 10. The Hall–Kier alpha value is -2.81. The molecule has 13 heteroatoms. The first-order valence-corrected chi connectivity index (χ1v) is 11.9. The minimum absolute atomic E-state index is 0.119. The quantitative estimate of drug-likeness (QED) is 0.158. The highest BCUT2D eigenvalue weighted by molar-refractivity contribution is 5.88. The molecule has 37 heavy (non-hydrogen) atoms. The smallest absolute Gasteiger partial charge is 0.329 e. The van der Waals surface area contributed by atoms with Crippen LogP contribution < -0.4 is 15.4 Å². The molecule has 1 aromatic rings. The van der Waals surface area contributed by atoms with Gasteiger partial charge < -0.3 is 48.9 Å². The fourth-order valence-corrected chi connectivity index (χ4v) is 2.58.